The fraction of sp³-hybridized carbons (Fsp3) is 0.615. The van der Waals surface area contributed by atoms with E-state index in [4.69, 9.17) is 0 Å². The summed E-state index contributed by atoms with van der Waals surface area (Å²) < 4.78 is 39.0. The molecule has 2 N–H and O–H groups in total. The molecule has 6 nitrogen and oxygen atoms in total. The van der Waals surface area contributed by atoms with Crippen LogP contribution in [-0.4, -0.2) is 41.7 Å². The maximum absolute atomic E-state index is 12.5. The van der Waals surface area contributed by atoms with Gasteiger partial charge in [-0.25, -0.2) is 18.1 Å². The number of pyridine rings is 1. The van der Waals surface area contributed by atoms with Gasteiger partial charge < -0.3 is 5.32 Å². The molecule has 0 aromatic carbocycles. The molecule has 2 rings (SSSR count). The molecule has 2 heterocycles. The molecule has 0 amide bonds. The average Bonchev–Trinajstić information content (AvgIpc) is 2.47. The highest BCUT2D eigenvalue weighted by Gasteiger charge is 2.26. The van der Waals surface area contributed by atoms with Gasteiger partial charge in [0.25, 0.3) is 0 Å². The fourth-order valence-corrected chi connectivity index (χ4v) is 4.92. The molecule has 0 saturated carbocycles. The van der Waals surface area contributed by atoms with Gasteiger partial charge in [0.05, 0.1) is 0 Å². The van der Waals surface area contributed by atoms with Crippen molar-refractivity contribution in [3.63, 3.8) is 0 Å². The number of nitrogens with zero attached hydrogens (tertiary/aromatic N) is 1. The molecule has 21 heavy (non-hydrogen) atoms. The second-order valence-corrected chi connectivity index (χ2v) is 8.40. The van der Waals surface area contributed by atoms with Gasteiger partial charge in [-0.1, -0.05) is 6.92 Å². The number of hydrogen-bond acceptors (Lipinski definition) is 5. The van der Waals surface area contributed by atoms with E-state index in [-0.39, 0.29) is 10.9 Å². The highest BCUT2D eigenvalue weighted by atomic mass is 32.2. The third-order valence-electron chi connectivity index (χ3n) is 3.31. The molecule has 1 aromatic rings. The van der Waals surface area contributed by atoms with Crippen LogP contribution in [0.5, 0.6) is 0 Å². The van der Waals surface area contributed by atoms with Gasteiger partial charge in [-0.3, -0.25) is 4.21 Å². The lowest BCUT2D eigenvalue weighted by molar-refractivity contribution is 0.522. The van der Waals surface area contributed by atoms with Crippen LogP contribution >= 0.6 is 0 Å². The zero-order chi connectivity index (χ0) is 15.3. The first-order valence-electron chi connectivity index (χ1n) is 7.09. The van der Waals surface area contributed by atoms with Crippen LogP contribution in [0.4, 0.5) is 5.82 Å². The van der Waals surface area contributed by atoms with E-state index in [1.54, 1.807) is 18.3 Å². The van der Waals surface area contributed by atoms with Gasteiger partial charge in [-0.2, -0.15) is 0 Å². The van der Waals surface area contributed by atoms with E-state index in [1.807, 2.05) is 6.92 Å². The van der Waals surface area contributed by atoms with Crippen molar-refractivity contribution in [1.29, 1.82) is 0 Å². The minimum atomic E-state index is -3.61. The highest BCUT2D eigenvalue weighted by molar-refractivity contribution is 7.89. The largest absolute Gasteiger partial charge is 0.369 e. The molecule has 0 atom stereocenters. The topological polar surface area (TPSA) is 88.2 Å². The van der Waals surface area contributed by atoms with E-state index in [1.165, 1.54) is 0 Å². The molecular formula is C13H21N3O3S2. The smallest absolute Gasteiger partial charge is 0.244 e. The molecule has 0 spiro atoms. The molecule has 1 aliphatic rings. The number of aromatic nitrogens is 1. The number of hydrogen-bond donors (Lipinski definition) is 2. The van der Waals surface area contributed by atoms with Crippen LogP contribution in [0.3, 0.4) is 0 Å². The summed E-state index contributed by atoms with van der Waals surface area (Å²) in [5.74, 6) is 1.49. The summed E-state index contributed by atoms with van der Waals surface area (Å²) in [6, 6.07) is 3.02. The predicted molar refractivity (Wildman–Crippen MR) is 84.2 cm³/mol. The maximum atomic E-state index is 12.5. The number of anilines is 1. The van der Waals surface area contributed by atoms with Gasteiger partial charge in [0.2, 0.25) is 10.0 Å². The molecule has 1 aliphatic heterocycles. The van der Waals surface area contributed by atoms with Crippen LogP contribution in [0, 0.1) is 0 Å². The van der Waals surface area contributed by atoms with Crippen LogP contribution in [0.1, 0.15) is 26.2 Å². The first-order valence-corrected chi connectivity index (χ1v) is 10.1. The van der Waals surface area contributed by atoms with Crippen LogP contribution in [-0.2, 0) is 20.8 Å². The Morgan fingerprint density at radius 1 is 1.38 bits per heavy atom. The average molecular weight is 331 g/mol. The van der Waals surface area contributed by atoms with E-state index < -0.39 is 20.8 Å². The summed E-state index contributed by atoms with van der Waals surface area (Å²) in [6.07, 6.45) is 3.69. The molecule has 1 saturated heterocycles. The third-order valence-corrected chi connectivity index (χ3v) is 6.25. The van der Waals surface area contributed by atoms with Crippen molar-refractivity contribution in [3.05, 3.63) is 18.3 Å². The predicted octanol–water partition coefficient (Wildman–Crippen LogP) is 1.09. The maximum Gasteiger partial charge on any atom is 0.244 e. The van der Waals surface area contributed by atoms with Crippen molar-refractivity contribution >= 4 is 26.6 Å². The SMILES string of the molecule is CCCNc1ncccc1S(=O)(=O)NC1CCS(=O)CC1. The van der Waals surface area contributed by atoms with Crippen molar-refractivity contribution in [3.8, 4) is 0 Å². The Labute approximate surface area is 128 Å². The van der Waals surface area contributed by atoms with Crippen molar-refractivity contribution in [2.45, 2.75) is 37.1 Å². The first-order chi connectivity index (χ1) is 10.0. The Morgan fingerprint density at radius 2 is 2.10 bits per heavy atom. The Balaban J connectivity index is 2.13. The monoisotopic (exact) mass is 331 g/mol. The molecule has 0 bridgehead atoms. The molecular weight excluding hydrogens is 310 g/mol. The number of nitrogens with one attached hydrogen (secondary N) is 2. The summed E-state index contributed by atoms with van der Waals surface area (Å²) in [5.41, 5.74) is 0. The van der Waals surface area contributed by atoms with Crippen molar-refractivity contribution in [2.75, 3.05) is 23.4 Å². The fourth-order valence-electron chi connectivity index (χ4n) is 2.18. The molecule has 118 valence electrons. The van der Waals surface area contributed by atoms with Crippen LogP contribution < -0.4 is 10.0 Å². The minimum Gasteiger partial charge on any atom is -0.369 e. The lowest BCUT2D eigenvalue weighted by atomic mass is 10.2. The highest BCUT2D eigenvalue weighted by Crippen LogP contribution is 2.20. The number of sulfonamides is 1. The Hall–Kier alpha value is -0.990. The number of rotatable bonds is 6. The summed E-state index contributed by atoms with van der Waals surface area (Å²) in [6.45, 7) is 2.67. The second-order valence-electron chi connectivity index (χ2n) is 5.02. The van der Waals surface area contributed by atoms with Gasteiger partial charge in [-0.15, -0.1) is 0 Å². The summed E-state index contributed by atoms with van der Waals surface area (Å²) >= 11 is 0. The minimum absolute atomic E-state index is 0.146. The Kier molecular flexibility index (Phi) is 5.72. The molecule has 0 radical (unpaired) electrons. The lowest BCUT2D eigenvalue weighted by Gasteiger charge is -2.23. The summed E-state index contributed by atoms with van der Waals surface area (Å²) in [5, 5.41) is 3.03. The lowest BCUT2D eigenvalue weighted by Crippen LogP contribution is -2.39. The normalized spacial score (nSPS) is 22.9. The molecule has 0 unspecified atom stereocenters. The van der Waals surface area contributed by atoms with Crippen molar-refractivity contribution < 1.29 is 12.6 Å². The van der Waals surface area contributed by atoms with E-state index in [0.717, 1.165) is 6.42 Å². The van der Waals surface area contributed by atoms with E-state index in [2.05, 4.69) is 15.0 Å². The summed E-state index contributed by atoms with van der Waals surface area (Å²) in [7, 11) is -4.41. The zero-order valence-corrected chi connectivity index (χ0v) is 13.7. The molecule has 8 heteroatoms. The van der Waals surface area contributed by atoms with E-state index >= 15 is 0 Å². The molecule has 0 aliphatic carbocycles. The third kappa shape index (κ3) is 4.49. The van der Waals surface area contributed by atoms with Crippen molar-refractivity contribution in [1.82, 2.24) is 9.71 Å². The molecule has 1 fully saturated rings. The van der Waals surface area contributed by atoms with E-state index in [0.29, 0.717) is 36.7 Å². The van der Waals surface area contributed by atoms with Gasteiger partial charge in [0.15, 0.2) is 0 Å². The second kappa shape index (κ2) is 7.33. The quantitative estimate of drug-likeness (QED) is 0.815. The van der Waals surface area contributed by atoms with Gasteiger partial charge in [0, 0.05) is 41.1 Å². The Morgan fingerprint density at radius 3 is 2.76 bits per heavy atom. The van der Waals surface area contributed by atoms with Gasteiger partial charge in [0.1, 0.15) is 10.7 Å². The van der Waals surface area contributed by atoms with Crippen LogP contribution in [0.25, 0.3) is 0 Å². The van der Waals surface area contributed by atoms with Crippen molar-refractivity contribution in [2.24, 2.45) is 0 Å². The molecule has 1 aromatic heterocycles. The summed E-state index contributed by atoms with van der Waals surface area (Å²) in [4.78, 5) is 4.28. The standard InChI is InChI=1S/C13H21N3O3S2/c1-2-7-14-13-12(4-3-8-15-13)21(18,19)16-11-5-9-20(17)10-6-11/h3-4,8,11,16H,2,5-7,9-10H2,1H3,(H,14,15). The van der Waals surface area contributed by atoms with Gasteiger partial charge >= 0.3 is 0 Å². The first kappa shape index (κ1) is 16.4. The Bertz CT molecular complexity index is 594. The van der Waals surface area contributed by atoms with Gasteiger partial charge in [-0.05, 0) is 31.4 Å². The zero-order valence-electron chi connectivity index (χ0n) is 12.0. The van der Waals surface area contributed by atoms with Crippen LogP contribution in [0.15, 0.2) is 23.2 Å². The van der Waals surface area contributed by atoms with E-state index in [9.17, 15) is 12.6 Å². The van der Waals surface area contributed by atoms with Crippen LogP contribution in [0.2, 0.25) is 0 Å².